The highest BCUT2D eigenvalue weighted by atomic mass is 19.1. The second-order valence-electron chi connectivity index (χ2n) is 7.21. The maximum Gasteiger partial charge on any atom is 0.352 e. The third-order valence-electron chi connectivity index (χ3n) is 5.06. The summed E-state index contributed by atoms with van der Waals surface area (Å²) >= 11 is 0. The molecular weight excluding hydrogens is 412 g/mol. The van der Waals surface area contributed by atoms with Crippen LogP contribution in [0.15, 0.2) is 35.4 Å². The molecule has 160 valence electrons. The molecule has 1 aromatic carbocycles. The van der Waals surface area contributed by atoms with Gasteiger partial charge in [0.15, 0.2) is 23.1 Å². The number of hydrogen-bond donors (Lipinski definition) is 0. The van der Waals surface area contributed by atoms with Crippen molar-refractivity contribution in [3.63, 3.8) is 0 Å². The zero-order valence-corrected chi connectivity index (χ0v) is 16.4. The molecule has 1 unspecified atom stereocenters. The van der Waals surface area contributed by atoms with Gasteiger partial charge in [-0.05, 0) is 24.6 Å². The molecule has 1 fully saturated rings. The maximum absolute atomic E-state index is 14.4. The van der Waals surface area contributed by atoms with Crippen LogP contribution < -0.4 is 20.1 Å². The molecule has 2 aliphatic heterocycles. The van der Waals surface area contributed by atoms with Crippen molar-refractivity contribution in [2.75, 3.05) is 18.2 Å². The first-order valence-electron chi connectivity index (χ1n) is 9.51. The standard InChI is InChI=1S/C20H17F2N5O4/c1-11-23-5-14(6-24-11)31-19-15(21)2-12(3-16(19)22)8-30-17-4-18-26(20(28)25-17)7-13-9-29-10-27(13)18/h2-6,13H,7-10H2,1H3. The number of halogens is 2. The van der Waals surface area contributed by atoms with Gasteiger partial charge in [-0.1, -0.05) is 0 Å². The summed E-state index contributed by atoms with van der Waals surface area (Å²) in [7, 11) is 0. The van der Waals surface area contributed by atoms with Crippen molar-refractivity contribution in [2.24, 2.45) is 0 Å². The number of fused-ring (bicyclic) bond motifs is 3. The van der Waals surface area contributed by atoms with Gasteiger partial charge in [0.05, 0.1) is 31.6 Å². The molecule has 31 heavy (non-hydrogen) atoms. The van der Waals surface area contributed by atoms with Crippen molar-refractivity contribution < 1.29 is 23.0 Å². The van der Waals surface area contributed by atoms with Crippen LogP contribution in [0.25, 0.3) is 0 Å². The second kappa shape index (κ2) is 7.58. The van der Waals surface area contributed by atoms with Crippen LogP contribution >= 0.6 is 0 Å². The van der Waals surface area contributed by atoms with Crippen LogP contribution in [0.1, 0.15) is 11.4 Å². The van der Waals surface area contributed by atoms with Gasteiger partial charge in [-0.3, -0.25) is 4.57 Å². The number of ether oxygens (including phenoxy) is 3. The lowest BCUT2D eigenvalue weighted by atomic mass is 10.2. The minimum Gasteiger partial charge on any atom is -0.473 e. The molecule has 5 rings (SSSR count). The lowest BCUT2D eigenvalue weighted by Gasteiger charge is -2.15. The van der Waals surface area contributed by atoms with E-state index in [1.54, 1.807) is 17.6 Å². The van der Waals surface area contributed by atoms with E-state index in [0.29, 0.717) is 31.5 Å². The Morgan fingerprint density at radius 3 is 2.68 bits per heavy atom. The van der Waals surface area contributed by atoms with Gasteiger partial charge in [-0.2, -0.15) is 4.98 Å². The highest BCUT2D eigenvalue weighted by molar-refractivity contribution is 5.47. The Balaban J connectivity index is 1.32. The smallest absolute Gasteiger partial charge is 0.352 e. The molecule has 0 saturated carbocycles. The van der Waals surface area contributed by atoms with Crippen molar-refractivity contribution in [1.82, 2.24) is 19.5 Å². The van der Waals surface area contributed by atoms with Crippen LogP contribution in [-0.4, -0.2) is 38.9 Å². The summed E-state index contributed by atoms with van der Waals surface area (Å²) in [6.45, 7) is 2.93. The minimum atomic E-state index is -0.904. The Kier molecular flexibility index (Phi) is 4.74. The van der Waals surface area contributed by atoms with Crippen molar-refractivity contribution >= 4 is 5.82 Å². The van der Waals surface area contributed by atoms with Gasteiger partial charge >= 0.3 is 5.69 Å². The SMILES string of the molecule is Cc1ncc(Oc2c(F)cc(COc3cc4n(c(=O)n3)CC3COCN43)cc2F)cn1. The van der Waals surface area contributed by atoms with E-state index >= 15 is 0 Å². The van der Waals surface area contributed by atoms with E-state index in [2.05, 4.69) is 15.0 Å². The van der Waals surface area contributed by atoms with E-state index < -0.39 is 23.1 Å². The molecular formula is C20H17F2N5O4. The zero-order valence-electron chi connectivity index (χ0n) is 16.4. The van der Waals surface area contributed by atoms with Crippen LogP contribution in [0.5, 0.6) is 17.4 Å². The fraction of sp³-hybridized carbons (Fsp3) is 0.300. The van der Waals surface area contributed by atoms with Gasteiger partial charge in [-0.25, -0.2) is 23.5 Å². The average molecular weight is 429 g/mol. The maximum atomic E-state index is 14.4. The third-order valence-corrected chi connectivity index (χ3v) is 5.06. The molecule has 11 heteroatoms. The van der Waals surface area contributed by atoms with E-state index in [-0.39, 0.29) is 29.8 Å². The number of benzene rings is 1. The Labute approximate surface area is 174 Å². The number of hydrogen-bond acceptors (Lipinski definition) is 8. The third kappa shape index (κ3) is 3.67. The van der Waals surface area contributed by atoms with E-state index in [0.717, 1.165) is 12.1 Å². The predicted molar refractivity (Wildman–Crippen MR) is 103 cm³/mol. The highest BCUT2D eigenvalue weighted by Gasteiger charge is 2.35. The van der Waals surface area contributed by atoms with Crippen molar-refractivity contribution in [2.45, 2.75) is 26.1 Å². The monoisotopic (exact) mass is 429 g/mol. The first-order valence-corrected chi connectivity index (χ1v) is 9.51. The Morgan fingerprint density at radius 1 is 1.19 bits per heavy atom. The number of aromatic nitrogens is 4. The first kappa shape index (κ1) is 19.4. The molecule has 1 saturated heterocycles. The van der Waals surface area contributed by atoms with Crippen LogP contribution in [0.4, 0.5) is 14.6 Å². The Morgan fingerprint density at radius 2 is 1.94 bits per heavy atom. The first-order chi connectivity index (χ1) is 15.0. The zero-order chi connectivity index (χ0) is 21.5. The van der Waals surface area contributed by atoms with Gasteiger partial charge in [0.2, 0.25) is 5.88 Å². The summed E-state index contributed by atoms with van der Waals surface area (Å²) in [4.78, 5) is 26.0. The normalized spacial score (nSPS) is 16.9. The molecule has 0 radical (unpaired) electrons. The Hall–Kier alpha value is -3.60. The average Bonchev–Trinajstić information content (AvgIpc) is 3.33. The molecule has 4 heterocycles. The molecule has 1 atom stereocenters. The van der Waals surface area contributed by atoms with Crippen molar-refractivity contribution in [3.05, 3.63) is 64.1 Å². The van der Waals surface area contributed by atoms with Crippen LogP contribution in [0, 0.1) is 18.6 Å². The summed E-state index contributed by atoms with van der Waals surface area (Å²) < 4.78 is 46.6. The largest absolute Gasteiger partial charge is 0.473 e. The number of anilines is 1. The van der Waals surface area contributed by atoms with E-state index in [4.69, 9.17) is 14.2 Å². The van der Waals surface area contributed by atoms with Gasteiger partial charge in [0, 0.05) is 6.07 Å². The minimum absolute atomic E-state index is 0.0711. The van der Waals surface area contributed by atoms with Gasteiger partial charge in [0.1, 0.15) is 25.0 Å². The van der Waals surface area contributed by atoms with Crippen molar-refractivity contribution in [1.29, 1.82) is 0 Å². The molecule has 0 bridgehead atoms. The van der Waals surface area contributed by atoms with Crippen LogP contribution in [-0.2, 0) is 17.9 Å². The van der Waals surface area contributed by atoms with Crippen LogP contribution in [0.2, 0.25) is 0 Å². The number of rotatable bonds is 5. The van der Waals surface area contributed by atoms with E-state index in [1.165, 1.54) is 12.4 Å². The summed E-state index contributed by atoms with van der Waals surface area (Å²) in [5.74, 6) is -1.03. The summed E-state index contributed by atoms with van der Waals surface area (Å²) in [6.07, 6.45) is 2.65. The van der Waals surface area contributed by atoms with Gasteiger partial charge in [0.25, 0.3) is 0 Å². The molecule has 2 aromatic heterocycles. The van der Waals surface area contributed by atoms with E-state index in [9.17, 15) is 13.6 Å². The lowest BCUT2D eigenvalue weighted by molar-refractivity contribution is 0.189. The number of aryl methyl sites for hydroxylation is 1. The van der Waals surface area contributed by atoms with Crippen LogP contribution in [0.3, 0.4) is 0 Å². The Bertz CT molecular complexity index is 1180. The van der Waals surface area contributed by atoms with Gasteiger partial charge in [-0.15, -0.1) is 0 Å². The highest BCUT2D eigenvalue weighted by Crippen LogP contribution is 2.31. The lowest BCUT2D eigenvalue weighted by Crippen LogP contribution is -2.26. The summed E-state index contributed by atoms with van der Waals surface area (Å²) in [6, 6.07) is 3.91. The van der Waals surface area contributed by atoms with Crippen molar-refractivity contribution in [3.8, 4) is 17.4 Å². The second-order valence-corrected chi connectivity index (χ2v) is 7.21. The fourth-order valence-corrected chi connectivity index (χ4v) is 3.56. The molecule has 0 N–H and O–H groups in total. The molecule has 2 aliphatic rings. The molecule has 0 aliphatic carbocycles. The van der Waals surface area contributed by atoms with E-state index in [1.807, 2.05) is 4.90 Å². The molecule has 9 nitrogen and oxygen atoms in total. The molecule has 0 amide bonds. The summed E-state index contributed by atoms with van der Waals surface area (Å²) in [5, 5.41) is 0. The quantitative estimate of drug-likeness (QED) is 0.610. The molecule has 3 aromatic rings. The predicted octanol–water partition coefficient (Wildman–Crippen LogP) is 2.17. The fourth-order valence-electron chi connectivity index (χ4n) is 3.56. The molecule has 0 spiro atoms. The summed E-state index contributed by atoms with van der Waals surface area (Å²) in [5.41, 5.74) is -0.226. The number of nitrogens with zero attached hydrogens (tertiary/aromatic N) is 5. The van der Waals surface area contributed by atoms with Gasteiger partial charge < -0.3 is 19.1 Å². The topological polar surface area (TPSA) is 91.6 Å².